The van der Waals surface area contributed by atoms with Crippen LogP contribution < -0.4 is 4.90 Å². The average Bonchev–Trinajstić information content (AvgIpc) is 2.73. The highest BCUT2D eigenvalue weighted by atomic mass is 35.5. The first-order valence-corrected chi connectivity index (χ1v) is 12.3. The molecule has 2 saturated heterocycles. The SMILES string of the molecule is CC(C)(C)OC(=O)N1CCN(C(C)(C)C)CC1C(=O)N1CCN(c2ccc(Cl)c(Cl)c2)CC1. The molecule has 33 heavy (non-hydrogen) atoms. The first kappa shape index (κ1) is 25.9. The Morgan fingerprint density at radius 1 is 0.909 bits per heavy atom. The summed E-state index contributed by atoms with van der Waals surface area (Å²) in [4.78, 5) is 34.5. The predicted octanol–water partition coefficient (Wildman–Crippen LogP) is 4.36. The van der Waals surface area contributed by atoms with Crippen molar-refractivity contribution in [3.8, 4) is 0 Å². The highest BCUT2D eigenvalue weighted by Gasteiger charge is 2.42. The van der Waals surface area contributed by atoms with Crippen molar-refractivity contribution in [2.75, 3.05) is 50.7 Å². The van der Waals surface area contributed by atoms with Gasteiger partial charge in [0, 0.05) is 57.0 Å². The number of nitrogens with zero attached hydrogens (tertiary/aromatic N) is 4. The fourth-order valence-corrected chi connectivity index (χ4v) is 4.51. The molecule has 0 spiro atoms. The lowest BCUT2D eigenvalue weighted by molar-refractivity contribution is -0.140. The second-order valence-corrected chi connectivity index (χ2v) is 11.5. The summed E-state index contributed by atoms with van der Waals surface area (Å²) in [6.07, 6.45) is -0.427. The Labute approximate surface area is 207 Å². The van der Waals surface area contributed by atoms with Crippen molar-refractivity contribution >= 4 is 40.9 Å². The van der Waals surface area contributed by atoms with Crippen molar-refractivity contribution in [3.63, 3.8) is 0 Å². The minimum atomic E-state index is -0.614. The molecule has 0 bridgehead atoms. The van der Waals surface area contributed by atoms with Gasteiger partial charge < -0.3 is 14.5 Å². The second kappa shape index (κ2) is 9.88. The molecule has 7 nitrogen and oxygen atoms in total. The Morgan fingerprint density at radius 2 is 1.55 bits per heavy atom. The van der Waals surface area contributed by atoms with Crippen molar-refractivity contribution in [1.82, 2.24) is 14.7 Å². The van der Waals surface area contributed by atoms with Gasteiger partial charge in [0.2, 0.25) is 5.91 Å². The topological polar surface area (TPSA) is 56.3 Å². The van der Waals surface area contributed by atoms with Gasteiger partial charge in [-0.05, 0) is 59.7 Å². The molecule has 9 heteroatoms. The molecule has 2 aliphatic heterocycles. The van der Waals surface area contributed by atoms with Gasteiger partial charge in [-0.2, -0.15) is 0 Å². The molecule has 0 aliphatic carbocycles. The molecule has 1 atom stereocenters. The number of carbonyl (C=O) groups is 2. The summed E-state index contributed by atoms with van der Waals surface area (Å²) in [6, 6.07) is 5.02. The molecule has 0 radical (unpaired) electrons. The number of halogens is 2. The molecule has 0 saturated carbocycles. The molecule has 2 fully saturated rings. The molecule has 2 aliphatic rings. The number of benzene rings is 1. The Bertz CT molecular complexity index is 873. The monoisotopic (exact) mass is 498 g/mol. The number of anilines is 1. The van der Waals surface area contributed by atoms with Gasteiger partial charge in [0.1, 0.15) is 11.6 Å². The summed E-state index contributed by atoms with van der Waals surface area (Å²) in [5.41, 5.74) is 0.283. The van der Waals surface area contributed by atoms with Crippen LogP contribution in [0.2, 0.25) is 10.0 Å². The third-order valence-corrected chi connectivity index (χ3v) is 6.84. The molecule has 2 heterocycles. The molecule has 184 valence electrons. The van der Waals surface area contributed by atoms with Crippen LogP contribution in [0.15, 0.2) is 18.2 Å². The Kier molecular flexibility index (Phi) is 7.76. The van der Waals surface area contributed by atoms with Crippen LogP contribution in [0.25, 0.3) is 0 Å². The Hall–Kier alpha value is -1.70. The minimum absolute atomic E-state index is 0.0244. The van der Waals surface area contributed by atoms with E-state index in [1.165, 1.54) is 0 Å². The van der Waals surface area contributed by atoms with Crippen molar-refractivity contribution in [2.24, 2.45) is 0 Å². The summed E-state index contributed by atoms with van der Waals surface area (Å²) in [7, 11) is 0. The lowest BCUT2D eigenvalue weighted by Crippen LogP contribution is -2.65. The van der Waals surface area contributed by atoms with Crippen LogP contribution in [0.5, 0.6) is 0 Å². The number of hydrogen-bond acceptors (Lipinski definition) is 5. The van der Waals surface area contributed by atoms with Gasteiger partial charge in [0.15, 0.2) is 0 Å². The normalized spacial score (nSPS) is 20.7. The molecule has 3 rings (SSSR count). The molecular weight excluding hydrogens is 463 g/mol. The highest BCUT2D eigenvalue weighted by Crippen LogP contribution is 2.28. The van der Waals surface area contributed by atoms with Gasteiger partial charge in [0.25, 0.3) is 0 Å². The fraction of sp³-hybridized carbons (Fsp3) is 0.667. The van der Waals surface area contributed by atoms with Gasteiger partial charge in [0.05, 0.1) is 10.0 Å². The van der Waals surface area contributed by atoms with E-state index in [4.69, 9.17) is 27.9 Å². The molecule has 0 N–H and O–H groups in total. The number of ether oxygens (including phenoxy) is 1. The van der Waals surface area contributed by atoms with E-state index in [1.54, 1.807) is 11.0 Å². The molecule has 2 amide bonds. The highest BCUT2D eigenvalue weighted by molar-refractivity contribution is 6.42. The van der Waals surface area contributed by atoms with Crippen LogP contribution in [0.3, 0.4) is 0 Å². The van der Waals surface area contributed by atoms with E-state index in [1.807, 2.05) is 37.8 Å². The number of rotatable bonds is 2. The van der Waals surface area contributed by atoms with E-state index >= 15 is 0 Å². The molecule has 1 aromatic rings. The maximum absolute atomic E-state index is 13.6. The standard InChI is InChI=1S/C24H36Cl2N4O3/c1-23(2,3)29-13-14-30(22(32)33-24(4,5)6)20(16-29)21(31)28-11-9-27(10-12-28)17-7-8-18(25)19(26)15-17/h7-8,15,20H,9-14,16H2,1-6H3. The van der Waals surface area contributed by atoms with Gasteiger partial charge in [-0.1, -0.05) is 23.2 Å². The van der Waals surface area contributed by atoms with Crippen LogP contribution in [-0.2, 0) is 9.53 Å². The molecular formula is C24H36Cl2N4O3. The average molecular weight is 499 g/mol. The third kappa shape index (κ3) is 6.46. The van der Waals surface area contributed by atoms with Crippen LogP contribution >= 0.6 is 23.2 Å². The number of piperazine rings is 2. The number of hydrogen-bond donors (Lipinski definition) is 0. The summed E-state index contributed by atoms with van der Waals surface area (Å²) < 4.78 is 5.63. The summed E-state index contributed by atoms with van der Waals surface area (Å²) in [6.45, 7) is 16.1. The van der Waals surface area contributed by atoms with Crippen LogP contribution in [0.1, 0.15) is 41.5 Å². The predicted molar refractivity (Wildman–Crippen MR) is 133 cm³/mol. The largest absolute Gasteiger partial charge is 0.444 e. The van der Waals surface area contributed by atoms with Gasteiger partial charge in [-0.25, -0.2) is 4.79 Å². The van der Waals surface area contributed by atoms with Crippen LogP contribution in [0, 0.1) is 0 Å². The fourth-order valence-electron chi connectivity index (χ4n) is 4.22. The third-order valence-electron chi connectivity index (χ3n) is 6.10. The first-order chi connectivity index (χ1) is 15.3. The van der Waals surface area contributed by atoms with E-state index in [0.717, 1.165) is 5.69 Å². The van der Waals surface area contributed by atoms with E-state index < -0.39 is 17.7 Å². The molecule has 1 aromatic carbocycles. The smallest absolute Gasteiger partial charge is 0.411 e. The zero-order valence-corrected chi connectivity index (χ0v) is 22.0. The number of amides is 2. The molecule has 0 aromatic heterocycles. The van der Waals surface area contributed by atoms with Crippen molar-refractivity contribution < 1.29 is 14.3 Å². The second-order valence-electron chi connectivity index (χ2n) is 10.7. The zero-order chi connectivity index (χ0) is 24.6. The van der Waals surface area contributed by atoms with Crippen LogP contribution in [-0.4, -0.2) is 89.7 Å². The summed E-state index contributed by atoms with van der Waals surface area (Å²) in [5, 5.41) is 1.04. The minimum Gasteiger partial charge on any atom is -0.444 e. The zero-order valence-electron chi connectivity index (χ0n) is 20.5. The van der Waals surface area contributed by atoms with Gasteiger partial charge >= 0.3 is 6.09 Å². The summed E-state index contributed by atoms with van der Waals surface area (Å²) >= 11 is 12.2. The summed E-state index contributed by atoms with van der Waals surface area (Å²) in [5.74, 6) is -0.0244. The maximum Gasteiger partial charge on any atom is 0.411 e. The van der Waals surface area contributed by atoms with Crippen molar-refractivity contribution in [1.29, 1.82) is 0 Å². The van der Waals surface area contributed by atoms with E-state index in [0.29, 0.717) is 55.9 Å². The molecule has 1 unspecified atom stereocenters. The Morgan fingerprint density at radius 3 is 2.09 bits per heavy atom. The van der Waals surface area contributed by atoms with Crippen molar-refractivity contribution in [2.45, 2.75) is 58.7 Å². The van der Waals surface area contributed by atoms with Gasteiger partial charge in [-0.15, -0.1) is 0 Å². The quantitative estimate of drug-likeness (QED) is 0.605. The lowest BCUT2D eigenvalue weighted by Gasteiger charge is -2.47. The first-order valence-electron chi connectivity index (χ1n) is 11.5. The van der Waals surface area contributed by atoms with Crippen LogP contribution in [0.4, 0.5) is 10.5 Å². The van der Waals surface area contributed by atoms with E-state index in [-0.39, 0.29) is 11.4 Å². The maximum atomic E-state index is 13.6. The van der Waals surface area contributed by atoms with Gasteiger partial charge in [-0.3, -0.25) is 14.6 Å². The Balaban J connectivity index is 1.72. The van der Waals surface area contributed by atoms with Crippen molar-refractivity contribution in [3.05, 3.63) is 28.2 Å². The lowest BCUT2D eigenvalue weighted by atomic mass is 10.0. The number of carbonyl (C=O) groups excluding carboxylic acids is 2. The van der Waals surface area contributed by atoms with E-state index in [2.05, 4.69) is 30.6 Å². The van der Waals surface area contributed by atoms with E-state index in [9.17, 15) is 9.59 Å².